The molecule has 6 nitrogen and oxygen atoms in total. The number of hydrogen-bond donors (Lipinski definition) is 2. The number of carbonyl (C=O) groups is 1. The average molecular weight is 379 g/mol. The summed E-state index contributed by atoms with van der Waals surface area (Å²) >= 11 is 0. The maximum Gasteiger partial charge on any atom is 0.274 e. The molecular weight excluding hydrogens is 357 g/mol. The maximum atomic E-state index is 13.8. The normalized spacial score (nSPS) is 15.9. The molecule has 1 unspecified atom stereocenters. The Labute approximate surface area is 162 Å². The first-order chi connectivity index (χ1) is 13.7. The molecule has 0 spiro atoms. The molecular formula is C21H22FN5O. The summed E-state index contributed by atoms with van der Waals surface area (Å²) in [5.41, 5.74) is 1.80. The van der Waals surface area contributed by atoms with E-state index in [0.717, 1.165) is 31.5 Å². The second-order valence-electron chi connectivity index (χ2n) is 6.94. The van der Waals surface area contributed by atoms with Crippen LogP contribution in [0.2, 0.25) is 0 Å². The Morgan fingerprint density at radius 2 is 1.86 bits per heavy atom. The number of amides is 1. The number of halogens is 1. The van der Waals surface area contributed by atoms with Gasteiger partial charge in [-0.25, -0.2) is 9.07 Å². The Morgan fingerprint density at radius 3 is 2.61 bits per heavy atom. The highest BCUT2D eigenvalue weighted by Crippen LogP contribution is 2.23. The van der Waals surface area contributed by atoms with Gasteiger partial charge >= 0.3 is 0 Å². The predicted octanol–water partition coefficient (Wildman–Crippen LogP) is 2.86. The van der Waals surface area contributed by atoms with E-state index in [2.05, 4.69) is 20.9 Å². The van der Waals surface area contributed by atoms with E-state index in [9.17, 15) is 9.18 Å². The lowest BCUT2D eigenvalue weighted by Gasteiger charge is -2.22. The molecule has 1 fully saturated rings. The number of piperidine rings is 1. The number of benzene rings is 2. The number of nitrogens with zero attached hydrogens (tertiary/aromatic N) is 3. The molecule has 4 rings (SSSR count). The van der Waals surface area contributed by atoms with Gasteiger partial charge in [-0.15, -0.1) is 5.10 Å². The van der Waals surface area contributed by atoms with Crippen LogP contribution in [0, 0.1) is 5.82 Å². The molecule has 0 radical (unpaired) electrons. The Balaban J connectivity index is 1.56. The van der Waals surface area contributed by atoms with Gasteiger partial charge in [0.15, 0.2) is 5.69 Å². The highest BCUT2D eigenvalue weighted by Gasteiger charge is 2.22. The highest BCUT2D eigenvalue weighted by molar-refractivity contribution is 5.92. The first-order valence-electron chi connectivity index (χ1n) is 9.44. The summed E-state index contributed by atoms with van der Waals surface area (Å²) in [6, 6.07) is 15.5. The van der Waals surface area contributed by atoms with E-state index >= 15 is 0 Å². The zero-order chi connectivity index (χ0) is 19.3. The van der Waals surface area contributed by atoms with Crippen LogP contribution >= 0.6 is 0 Å². The van der Waals surface area contributed by atoms with Crippen LogP contribution in [-0.2, 0) is 0 Å². The molecule has 0 aliphatic carbocycles. The molecule has 1 saturated heterocycles. The predicted molar refractivity (Wildman–Crippen MR) is 103 cm³/mol. The maximum absolute atomic E-state index is 13.8. The Morgan fingerprint density at radius 1 is 1.11 bits per heavy atom. The van der Waals surface area contributed by atoms with E-state index in [-0.39, 0.29) is 23.5 Å². The van der Waals surface area contributed by atoms with Crippen LogP contribution in [0.4, 0.5) is 4.39 Å². The molecule has 2 N–H and O–H groups in total. The summed E-state index contributed by atoms with van der Waals surface area (Å²) in [6.45, 7) is 1.86. The van der Waals surface area contributed by atoms with Crippen LogP contribution in [0.25, 0.3) is 0 Å². The quantitative estimate of drug-likeness (QED) is 0.715. The highest BCUT2D eigenvalue weighted by atomic mass is 19.1. The Bertz CT molecular complexity index is 937. The van der Waals surface area contributed by atoms with Gasteiger partial charge < -0.3 is 10.6 Å². The van der Waals surface area contributed by atoms with Crippen LogP contribution < -0.4 is 10.6 Å². The van der Waals surface area contributed by atoms with Gasteiger partial charge in [-0.2, -0.15) is 0 Å². The molecule has 3 aromatic rings. The van der Waals surface area contributed by atoms with Gasteiger partial charge in [0.1, 0.15) is 5.82 Å². The molecule has 1 amide bonds. The lowest BCUT2D eigenvalue weighted by atomic mass is 9.98. The third kappa shape index (κ3) is 4.09. The van der Waals surface area contributed by atoms with Crippen molar-refractivity contribution in [2.75, 3.05) is 13.1 Å². The minimum atomic E-state index is -0.478. The topological polar surface area (TPSA) is 71.8 Å². The molecule has 144 valence electrons. The molecule has 2 heterocycles. The van der Waals surface area contributed by atoms with Gasteiger partial charge in [-0.1, -0.05) is 47.7 Å². The molecule has 0 saturated carbocycles. The minimum absolute atomic E-state index is 0.253. The zero-order valence-corrected chi connectivity index (χ0v) is 15.4. The van der Waals surface area contributed by atoms with Crippen LogP contribution in [0.1, 0.15) is 46.5 Å². The zero-order valence-electron chi connectivity index (χ0n) is 15.4. The third-order valence-electron chi connectivity index (χ3n) is 5.02. The van der Waals surface area contributed by atoms with Crippen molar-refractivity contribution in [2.45, 2.75) is 24.9 Å². The van der Waals surface area contributed by atoms with Crippen LogP contribution in [0.3, 0.4) is 0 Å². The van der Waals surface area contributed by atoms with Gasteiger partial charge in [0.2, 0.25) is 0 Å². The lowest BCUT2D eigenvalue weighted by Crippen LogP contribution is -2.30. The molecule has 1 atom stereocenters. The number of nitrogens with one attached hydrogen (secondary N) is 2. The lowest BCUT2D eigenvalue weighted by molar-refractivity contribution is 0.0937. The molecule has 28 heavy (non-hydrogen) atoms. The molecule has 2 aromatic carbocycles. The molecule has 1 aliphatic heterocycles. The van der Waals surface area contributed by atoms with Crippen molar-refractivity contribution >= 4 is 5.91 Å². The van der Waals surface area contributed by atoms with Gasteiger partial charge in [0, 0.05) is 0 Å². The third-order valence-corrected chi connectivity index (χ3v) is 5.02. The molecule has 1 aliphatic rings. The van der Waals surface area contributed by atoms with E-state index < -0.39 is 6.04 Å². The largest absolute Gasteiger partial charge is 0.340 e. The van der Waals surface area contributed by atoms with E-state index in [0.29, 0.717) is 5.56 Å². The summed E-state index contributed by atoms with van der Waals surface area (Å²) in [5.74, 6) is -0.678. The van der Waals surface area contributed by atoms with Crippen molar-refractivity contribution in [3.05, 3.63) is 83.4 Å². The number of aromatic nitrogens is 3. The SMILES string of the molecule is O=C(NC(c1ccccc1)c1cccc(F)c1)c1cn(C2CCNCC2)nn1. The van der Waals surface area contributed by atoms with E-state index in [4.69, 9.17) is 0 Å². The summed E-state index contributed by atoms with van der Waals surface area (Å²) in [6.07, 6.45) is 3.61. The van der Waals surface area contributed by atoms with Crippen molar-refractivity contribution in [3.8, 4) is 0 Å². The van der Waals surface area contributed by atoms with Gasteiger partial charge in [0.05, 0.1) is 18.3 Å². The van der Waals surface area contributed by atoms with Crippen molar-refractivity contribution < 1.29 is 9.18 Å². The second kappa shape index (κ2) is 8.31. The summed E-state index contributed by atoms with van der Waals surface area (Å²) < 4.78 is 15.5. The number of rotatable bonds is 5. The van der Waals surface area contributed by atoms with Gasteiger partial charge in [-0.05, 0) is 49.2 Å². The van der Waals surface area contributed by atoms with Crippen molar-refractivity contribution in [2.24, 2.45) is 0 Å². The standard InChI is InChI=1S/C21H22FN5O/c22-17-8-4-7-16(13-17)20(15-5-2-1-3-6-15)24-21(28)19-14-27(26-25-19)18-9-11-23-12-10-18/h1-8,13-14,18,20,23H,9-12H2,(H,24,28). The first-order valence-corrected chi connectivity index (χ1v) is 9.44. The molecule has 0 bridgehead atoms. The van der Waals surface area contributed by atoms with Gasteiger partial charge in [-0.3, -0.25) is 4.79 Å². The van der Waals surface area contributed by atoms with Crippen molar-refractivity contribution in [1.29, 1.82) is 0 Å². The molecule has 7 heteroatoms. The van der Waals surface area contributed by atoms with E-state index in [1.807, 2.05) is 30.3 Å². The fraction of sp³-hybridized carbons (Fsp3) is 0.286. The van der Waals surface area contributed by atoms with Crippen molar-refractivity contribution in [1.82, 2.24) is 25.6 Å². The monoisotopic (exact) mass is 379 g/mol. The summed E-state index contributed by atoms with van der Waals surface area (Å²) in [4.78, 5) is 12.8. The van der Waals surface area contributed by atoms with Crippen LogP contribution in [0.15, 0.2) is 60.8 Å². The smallest absolute Gasteiger partial charge is 0.274 e. The fourth-order valence-electron chi connectivity index (χ4n) is 3.53. The van der Waals surface area contributed by atoms with Crippen molar-refractivity contribution in [3.63, 3.8) is 0 Å². The van der Waals surface area contributed by atoms with Gasteiger partial charge in [0.25, 0.3) is 5.91 Å². The number of hydrogen-bond acceptors (Lipinski definition) is 4. The summed E-state index contributed by atoms with van der Waals surface area (Å²) in [7, 11) is 0. The Kier molecular flexibility index (Phi) is 5.43. The average Bonchev–Trinajstić information content (AvgIpc) is 3.24. The summed E-state index contributed by atoms with van der Waals surface area (Å²) in [5, 5.41) is 14.5. The molecule has 1 aromatic heterocycles. The first kappa shape index (κ1) is 18.3. The number of carbonyl (C=O) groups excluding carboxylic acids is 1. The minimum Gasteiger partial charge on any atom is -0.340 e. The Hall–Kier alpha value is -3.06. The fourth-order valence-corrected chi connectivity index (χ4v) is 3.53. The second-order valence-corrected chi connectivity index (χ2v) is 6.94. The van der Waals surface area contributed by atoms with E-state index in [1.165, 1.54) is 12.1 Å². The van der Waals surface area contributed by atoms with Crippen LogP contribution in [0.5, 0.6) is 0 Å². The van der Waals surface area contributed by atoms with Crippen LogP contribution in [-0.4, -0.2) is 34.0 Å². The van der Waals surface area contributed by atoms with E-state index in [1.54, 1.807) is 23.0 Å².